The lowest BCUT2D eigenvalue weighted by atomic mass is 10.0. The molecule has 1 aliphatic rings. The van der Waals surface area contributed by atoms with Crippen LogP contribution >= 0.6 is 0 Å². The van der Waals surface area contributed by atoms with Crippen molar-refractivity contribution in [2.24, 2.45) is 0 Å². The Morgan fingerprint density at radius 3 is 2.79 bits per heavy atom. The third-order valence-corrected chi connectivity index (χ3v) is 8.27. The molecule has 1 aromatic carbocycles. The predicted octanol–water partition coefficient (Wildman–Crippen LogP) is 3.86. The molecule has 210 valence electrons. The number of nitriles is 1. The molecule has 3 aromatic rings. The summed E-state index contributed by atoms with van der Waals surface area (Å²) in [6.45, 7) is 12.2. The van der Waals surface area contributed by atoms with Crippen molar-refractivity contribution in [3.63, 3.8) is 0 Å². The van der Waals surface area contributed by atoms with Gasteiger partial charge < -0.3 is 29.1 Å². The molecule has 1 aliphatic heterocycles. The van der Waals surface area contributed by atoms with Gasteiger partial charge in [0.2, 0.25) is 5.65 Å². The van der Waals surface area contributed by atoms with Gasteiger partial charge in [-0.3, -0.25) is 4.90 Å². The first kappa shape index (κ1) is 28.9. The van der Waals surface area contributed by atoms with Crippen molar-refractivity contribution in [2.75, 3.05) is 45.5 Å². The third-order valence-electron chi connectivity index (χ3n) is 6.56. The van der Waals surface area contributed by atoms with Crippen molar-refractivity contribution in [1.82, 2.24) is 19.9 Å². The monoisotopic (exact) mass is 554 g/mol. The fourth-order valence-electron chi connectivity index (χ4n) is 4.56. The van der Waals surface area contributed by atoms with Gasteiger partial charge in [0.15, 0.2) is 6.79 Å². The van der Waals surface area contributed by atoms with E-state index in [2.05, 4.69) is 52.8 Å². The van der Waals surface area contributed by atoms with Gasteiger partial charge in [0.1, 0.15) is 5.75 Å². The molecule has 12 heteroatoms. The molecule has 0 amide bonds. The molecule has 0 spiro atoms. The minimum absolute atomic E-state index is 0.00554. The van der Waals surface area contributed by atoms with Crippen LogP contribution in [0.2, 0.25) is 25.7 Å². The highest BCUT2D eigenvalue weighted by Crippen LogP contribution is 2.35. The normalized spacial score (nSPS) is 18.3. The Hall–Kier alpha value is -3.08. The first-order valence-electron chi connectivity index (χ1n) is 13.3. The van der Waals surface area contributed by atoms with Gasteiger partial charge in [-0.05, 0) is 36.7 Å². The number of anilines is 1. The second-order valence-corrected chi connectivity index (χ2v) is 16.6. The van der Waals surface area contributed by atoms with Gasteiger partial charge in [-0.15, -0.1) is 0 Å². The first-order chi connectivity index (χ1) is 18.7. The molecular formula is C27H38N6O5Si. The number of likely N-dealkylation sites (tertiary alicyclic amines) is 1. The summed E-state index contributed by atoms with van der Waals surface area (Å²) in [6, 6.07) is 6.94. The van der Waals surface area contributed by atoms with E-state index in [1.54, 1.807) is 25.4 Å². The first-order valence-corrected chi connectivity index (χ1v) is 17.0. The molecule has 0 radical (unpaired) electrons. The van der Waals surface area contributed by atoms with E-state index in [0.717, 1.165) is 24.7 Å². The number of aromatic nitrogens is 3. The van der Waals surface area contributed by atoms with Crippen molar-refractivity contribution >= 4 is 25.4 Å². The lowest BCUT2D eigenvalue weighted by Gasteiger charge is -2.34. The SMILES string of the molecule is CCN1C[C@@H](O)C[C@@H](Nc2nc3nc(-c4c(COC)cc(C#N)cc4OCOCC[Si](C)(C)C)cnc3o2)C1. The Morgan fingerprint density at radius 2 is 2.08 bits per heavy atom. The Balaban J connectivity index is 1.59. The highest BCUT2D eigenvalue weighted by atomic mass is 28.3. The summed E-state index contributed by atoms with van der Waals surface area (Å²) in [4.78, 5) is 15.9. The van der Waals surface area contributed by atoms with Crippen LogP contribution in [0, 0.1) is 11.3 Å². The number of hydrogen-bond donors (Lipinski definition) is 2. The van der Waals surface area contributed by atoms with Crippen LogP contribution in [0.25, 0.3) is 22.6 Å². The van der Waals surface area contributed by atoms with Crippen molar-refractivity contribution in [3.05, 3.63) is 29.5 Å². The topological polar surface area (TPSA) is 139 Å². The van der Waals surface area contributed by atoms with Gasteiger partial charge in [0.05, 0.1) is 36.2 Å². The van der Waals surface area contributed by atoms with Crippen LogP contribution < -0.4 is 10.1 Å². The molecule has 11 nitrogen and oxygen atoms in total. The van der Waals surface area contributed by atoms with E-state index in [1.165, 1.54) is 0 Å². The van der Waals surface area contributed by atoms with Crippen LogP contribution in [0.4, 0.5) is 6.01 Å². The summed E-state index contributed by atoms with van der Waals surface area (Å²) in [5, 5.41) is 23.1. The van der Waals surface area contributed by atoms with Crippen LogP contribution in [0.3, 0.4) is 0 Å². The van der Waals surface area contributed by atoms with E-state index in [0.29, 0.717) is 59.5 Å². The Bertz CT molecular complexity index is 1300. The number of oxazole rings is 1. The average Bonchev–Trinajstić information content (AvgIpc) is 3.28. The molecule has 2 atom stereocenters. The fraction of sp³-hybridized carbons (Fsp3) is 0.556. The molecule has 0 saturated carbocycles. The van der Waals surface area contributed by atoms with Crippen LogP contribution in [-0.2, 0) is 16.1 Å². The number of fused-ring (bicyclic) bond motifs is 1. The lowest BCUT2D eigenvalue weighted by molar-refractivity contribution is 0.0222. The summed E-state index contributed by atoms with van der Waals surface area (Å²) >= 11 is 0. The maximum Gasteiger partial charge on any atom is 0.298 e. The molecule has 39 heavy (non-hydrogen) atoms. The predicted molar refractivity (Wildman–Crippen MR) is 150 cm³/mol. The maximum atomic E-state index is 10.2. The second kappa shape index (κ2) is 12.8. The van der Waals surface area contributed by atoms with E-state index in [4.69, 9.17) is 23.6 Å². The number of hydrogen-bond acceptors (Lipinski definition) is 11. The molecule has 4 rings (SSSR count). The van der Waals surface area contributed by atoms with E-state index in [-0.39, 0.29) is 19.4 Å². The van der Waals surface area contributed by atoms with E-state index < -0.39 is 14.2 Å². The number of piperidine rings is 1. The molecule has 0 bridgehead atoms. The third kappa shape index (κ3) is 7.74. The summed E-state index contributed by atoms with van der Waals surface area (Å²) in [5.41, 5.74) is 2.99. The van der Waals surface area contributed by atoms with Crippen molar-refractivity contribution < 1.29 is 23.7 Å². The van der Waals surface area contributed by atoms with Crippen molar-refractivity contribution in [3.8, 4) is 23.1 Å². The lowest BCUT2D eigenvalue weighted by Crippen LogP contribution is -2.48. The number of ether oxygens (including phenoxy) is 3. The van der Waals surface area contributed by atoms with E-state index in [9.17, 15) is 10.4 Å². The zero-order valence-corrected chi connectivity index (χ0v) is 24.4. The van der Waals surface area contributed by atoms with Gasteiger partial charge in [-0.1, -0.05) is 26.6 Å². The second-order valence-electron chi connectivity index (χ2n) is 11.0. The molecule has 0 unspecified atom stereocenters. The number of benzene rings is 1. The van der Waals surface area contributed by atoms with Crippen LogP contribution in [0.5, 0.6) is 5.75 Å². The molecule has 0 aliphatic carbocycles. The highest BCUT2D eigenvalue weighted by molar-refractivity contribution is 6.76. The van der Waals surface area contributed by atoms with Crippen LogP contribution in [-0.4, -0.2) is 85.3 Å². The van der Waals surface area contributed by atoms with Crippen LogP contribution in [0.1, 0.15) is 24.5 Å². The molecule has 3 heterocycles. The summed E-state index contributed by atoms with van der Waals surface area (Å²) in [5.74, 6) is 0.459. The number of aliphatic hydroxyl groups excluding tert-OH is 1. The molecule has 2 aromatic heterocycles. The van der Waals surface area contributed by atoms with Gasteiger partial charge in [0.25, 0.3) is 11.7 Å². The number of likely N-dealkylation sites (N-methyl/N-ethyl adjacent to an activating group) is 1. The van der Waals surface area contributed by atoms with E-state index in [1.807, 2.05) is 0 Å². The van der Waals surface area contributed by atoms with Crippen molar-refractivity contribution in [1.29, 1.82) is 5.26 Å². The number of rotatable bonds is 12. The minimum atomic E-state index is -1.23. The number of β-amino-alcohol motifs (C(OH)–C–C–N with tert-alkyl or cyclic N) is 1. The maximum absolute atomic E-state index is 10.2. The van der Waals surface area contributed by atoms with Gasteiger partial charge in [-0.2, -0.15) is 10.2 Å². The fourth-order valence-corrected chi connectivity index (χ4v) is 5.32. The quantitative estimate of drug-likeness (QED) is 0.192. The van der Waals surface area contributed by atoms with Gasteiger partial charge >= 0.3 is 0 Å². The van der Waals surface area contributed by atoms with Gasteiger partial charge in [-0.25, -0.2) is 9.97 Å². The minimum Gasteiger partial charge on any atom is -0.467 e. The Kier molecular flexibility index (Phi) is 9.52. The Morgan fingerprint density at radius 1 is 1.26 bits per heavy atom. The van der Waals surface area contributed by atoms with Gasteiger partial charge in [0, 0.05) is 46.5 Å². The largest absolute Gasteiger partial charge is 0.467 e. The average molecular weight is 555 g/mol. The van der Waals surface area contributed by atoms with E-state index >= 15 is 0 Å². The number of methoxy groups -OCH3 is 1. The number of aliphatic hydroxyl groups is 1. The molecule has 2 N–H and O–H groups in total. The zero-order valence-electron chi connectivity index (χ0n) is 23.4. The highest BCUT2D eigenvalue weighted by Gasteiger charge is 2.26. The smallest absolute Gasteiger partial charge is 0.298 e. The standard InChI is InChI=1S/C27H38N6O5Si/c1-6-33-14-20(11-21(34)15-33)30-27-32-25-26(38-27)29-13-22(31-25)24-19(16-35-2)9-18(12-28)10-23(24)37-17-36-7-8-39(3,4)5/h9-10,13,20-21,34H,6-8,11,14-17H2,1-5H3,(H,30,31,32)/t20-,21+/m1/s1. The molecule has 1 fully saturated rings. The molecule has 1 saturated heterocycles. The van der Waals surface area contributed by atoms with Crippen molar-refractivity contribution in [2.45, 2.75) is 57.8 Å². The summed E-state index contributed by atoms with van der Waals surface area (Å²) < 4.78 is 23.0. The molecular weight excluding hydrogens is 516 g/mol. The zero-order chi connectivity index (χ0) is 28.0. The van der Waals surface area contributed by atoms with Crippen LogP contribution in [0.15, 0.2) is 22.7 Å². The number of nitrogens with one attached hydrogen (secondary N) is 1. The summed E-state index contributed by atoms with van der Waals surface area (Å²) in [6.07, 6.45) is 1.80. The summed E-state index contributed by atoms with van der Waals surface area (Å²) in [7, 11) is 0.366. The Labute approximate surface area is 230 Å². The number of nitrogens with zero attached hydrogens (tertiary/aromatic N) is 5.